The minimum atomic E-state index is -4.43. The lowest BCUT2D eigenvalue weighted by Gasteiger charge is -1.90. The number of hydrogen-bond donors (Lipinski definition) is 1. The molecule has 0 radical (unpaired) electrons. The minimum absolute atomic E-state index is 0.219. The number of aliphatic imine (C=N–C) groups is 1. The Morgan fingerprint density at radius 2 is 2.30 bits per heavy atom. The van der Waals surface area contributed by atoms with Gasteiger partial charge in [0.2, 0.25) is 6.08 Å². The molecule has 58 valence electrons. The molecule has 1 N–H and O–H groups in total. The molecule has 0 fully saturated rings. The Bertz CT molecular complexity index is 226. The first kappa shape index (κ1) is 9.60. The van der Waals surface area contributed by atoms with Gasteiger partial charge in [0, 0.05) is 12.0 Å². The van der Waals surface area contributed by atoms with Crippen molar-refractivity contribution in [1.29, 1.82) is 0 Å². The molecule has 10 heavy (non-hydrogen) atoms. The van der Waals surface area contributed by atoms with Crippen molar-refractivity contribution in [1.82, 2.24) is 0 Å². The molecule has 0 atom stereocenters. The summed E-state index contributed by atoms with van der Waals surface area (Å²) in [5.41, 5.74) is 0. The van der Waals surface area contributed by atoms with Crippen LogP contribution in [0.4, 0.5) is 0 Å². The highest BCUT2D eigenvalue weighted by molar-refractivity contribution is 8.02. The Morgan fingerprint density at radius 3 is 2.70 bits per heavy atom. The summed E-state index contributed by atoms with van der Waals surface area (Å²) in [6.07, 6.45) is 1.15. The van der Waals surface area contributed by atoms with Gasteiger partial charge in [0.05, 0.1) is 0 Å². The van der Waals surface area contributed by atoms with Gasteiger partial charge in [-0.25, -0.2) is 4.79 Å². The van der Waals surface area contributed by atoms with Crippen LogP contribution in [0.15, 0.2) is 4.99 Å². The van der Waals surface area contributed by atoms with Crippen LogP contribution < -0.4 is 0 Å². The van der Waals surface area contributed by atoms with Gasteiger partial charge in [-0.3, -0.25) is 4.55 Å². The third-order valence-corrected chi connectivity index (χ3v) is 1.62. The number of hydrogen-bond acceptors (Lipinski definition) is 6. The monoisotopic (exact) mass is 185 g/mol. The summed E-state index contributed by atoms with van der Waals surface area (Å²) in [5, 5.41) is 0. The van der Waals surface area contributed by atoms with Crippen molar-refractivity contribution in [2.24, 2.45) is 4.99 Å². The highest BCUT2D eigenvalue weighted by atomic mass is 32.3. The highest BCUT2D eigenvalue weighted by Crippen LogP contribution is 2.05. The molecule has 0 aromatic carbocycles. The topological polar surface area (TPSA) is 93.0 Å². The van der Waals surface area contributed by atoms with E-state index in [1.54, 1.807) is 0 Å². The molecule has 0 spiro atoms. The minimum Gasteiger partial charge on any atom is -0.263 e. The Hall–Kier alpha value is -0.400. The van der Waals surface area contributed by atoms with E-state index in [9.17, 15) is 13.2 Å². The summed E-state index contributed by atoms with van der Waals surface area (Å²) in [6.45, 7) is 0. The van der Waals surface area contributed by atoms with Gasteiger partial charge >= 0.3 is 10.4 Å². The molecule has 0 aromatic rings. The van der Waals surface area contributed by atoms with Crippen LogP contribution in [0, 0.1) is 0 Å². The molecule has 0 aromatic heterocycles. The average molecular weight is 185 g/mol. The number of rotatable bonds is 4. The standard InChI is InChI=1S/C2H3NO5S2/c4-1-3-2-9-8-10(5,6)7/h2H2,(H,5,6,7). The summed E-state index contributed by atoms with van der Waals surface area (Å²) in [5.74, 6) is -0.219. The SMILES string of the molecule is O=C=NCSOS(=O)(=O)O. The van der Waals surface area contributed by atoms with Gasteiger partial charge in [0.15, 0.2) is 0 Å². The second-order valence-corrected chi connectivity index (χ2v) is 2.89. The van der Waals surface area contributed by atoms with E-state index in [1.165, 1.54) is 0 Å². The van der Waals surface area contributed by atoms with Crippen LogP contribution in [0.3, 0.4) is 0 Å². The van der Waals surface area contributed by atoms with Crippen molar-refractivity contribution < 1.29 is 21.4 Å². The molecule has 0 rings (SSSR count). The predicted octanol–water partition coefficient (Wildman–Crippen LogP) is -0.253. The van der Waals surface area contributed by atoms with E-state index in [-0.39, 0.29) is 5.88 Å². The Balaban J connectivity index is 3.48. The van der Waals surface area contributed by atoms with E-state index in [1.807, 2.05) is 0 Å². The van der Waals surface area contributed by atoms with Crippen LogP contribution in [-0.2, 0) is 18.8 Å². The number of carbonyl (C=O) groups excluding carboxylic acids is 1. The molecule has 0 aliphatic heterocycles. The van der Waals surface area contributed by atoms with Gasteiger partial charge in [-0.2, -0.15) is 17.0 Å². The molecular weight excluding hydrogens is 182 g/mol. The van der Waals surface area contributed by atoms with Crippen LogP contribution >= 0.6 is 12.0 Å². The predicted molar refractivity (Wildman–Crippen MR) is 33.2 cm³/mol. The zero-order valence-corrected chi connectivity index (χ0v) is 6.18. The van der Waals surface area contributed by atoms with Crippen molar-refractivity contribution in [3.05, 3.63) is 0 Å². The zero-order chi connectivity index (χ0) is 8.04. The second kappa shape index (κ2) is 4.42. The van der Waals surface area contributed by atoms with Crippen LogP contribution in [0.5, 0.6) is 0 Å². The van der Waals surface area contributed by atoms with Gasteiger partial charge < -0.3 is 0 Å². The maximum absolute atomic E-state index is 9.77. The average Bonchev–Trinajstić information content (AvgIpc) is 1.78. The maximum Gasteiger partial charge on any atom is 0.408 e. The quantitative estimate of drug-likeness (QED) is 0.213. The Labute approximate surface area is 61.4 Å². The van der Waals surface area contributed by atoms with E-state index in [4.69, 9.17) is 4.55 Å². The van der Waals surface area contributed by atoms with Crippen LogP contribution in [-0.4, -0.2) is 24.9 Å². The molecule has 0 heterocycles. The Morgan fingerprint density at radius 1 is 1.70 bits per heavy atom. The normalized spacial score (nSPS) is 10.5. The smallest absolute Gasteiger partial charge is 0.263 e. The van der Waals surface area contributed by atoms with E-state index in [0.29, 0.717) is 12.0 Å². The summed E-state index contributed by atoms with van der Waals surface area (Å²) in [7, 11) is -4.43. The second-order valence-electron chi connectivity index (χ2n) is 0.992. The maximum atomic E-state index is 9.77. The molecule has 0 aliphatic carbocycles. The van der Waals surface area contributed by atoms with Gasteiger partial charge in [-0.05, 0) is 0 Å². The number of nitrogens with zero attached hydrogens (tertiary/aromatic N) is 1. The number of isocyanates is 1. The summed E-state index contributed by atoms with van der Waals surface area (Å²) >= 11 is 0.318. The summed E-state index contributed by atoms with van der Waals surface area (Å²) in [6, 6.07) is 0. The third kappa shape index (κ3) is 7.60. The molecule has 0 unspecified atom stereocenters. The van der Waals surface area contributed by atoms with Crippen molar-refractivity contribution in [2.45, 2.75) is 0 Å². The lowest BCUT2D eigenvalue weighted by molar-refractivity contribution is 0.407. The highest BCUT2D eigenvalue weighted by Gasteiger charge is 2.02. The largest absolute Gasteiger partial charge is 0.408 e. The van der Waals surface area contributed by atoms with Crippen LogP contribution in [0.2, 0.25) is 0 Å². The molecule has 0 amide bonds. The molecule has 0 saturated heterocycles. The van der Waals surface area contributed by atoms with E-state index < -0.39 is 10.4 Å². The van der Waals surface area contributed by atoms with Gasteiger partial charge in [0.1, 0.15) is 5.88 Å². The lowest BCUT2D eigenvalue weighted by Crippen LogP contribution is -1.96. The van der Waals surface area contributed by atoms with Crippen molar-refractivity contribution in [2.75, 3.05) is 5.88 Å². The molecule has 0 aliphatic rings. The molecule has 8 heteroatoms. The van der Waals surface area contributed by atoms with E-state index in [0.717, 1.165) is 6.08 Å². The fourth-order valence-corrected chi connectivity index (χ4v) is 0.899. The van der Waals surface area contributed by atoms with Crippen molar-refractivity contribution in [3.63, 3.8) is 0 Å². The molecule has 6 nitrogen and oxygen atoms in total. The summed E-state index contributed by atoms with van der Waals surface area (Å²) < 4.78 is 31.1. The molecular formula is C2H3NO5S2. The fraction of sp³-hybridized carbons (Fsp3) is 0.500. The first-order valence-electron chi connectivity index (χ1n) is 1.88. The fourth-order valence-electron chi connectivity index (χ4n) is 0.135. The van der Waals surface area contributed by atoms with Crippen LogP contribution in [0.1, 0.15) is 0 Å². The van der Waals surface area contributed by atoms with Crippen molar-refractivity contribution >= 4 is 28.5 Å². The third-order valence-electron chi connectivity index (χ3n) is 0.316. The van der Waals surface area contributed by atoms with Gasteiger partial charge in [0.25, 0.3) is 0 Å². The first-order valence-corrected chi connectivity index (χ1v) is 4.16. The van der Waals surface area contributed by atoms with Gasteiger partial charge in [-0.1, -0.05) is 0 Å². The Kier molecular flexibility index (Phi) is 4.24. The van der Waals surface area contributed by atoms with Gasteiger partial charge in [-0.15, -0.1) is 0 Å². The first-order chi connectivity index (χ1) is 4.56. The van der Waals surface area contributed by atoms with Crippen LogP contribution in [0.25, 0.3) is 0 Å². The van der Waals surface area contributed by atoms with Crippen molar-refractivity contribution in [3.8, 4) is 0 Å². The van der Waals surface area contributed by atoms with E-state index in [2.05, 4.69) is 8.62 Å². The summed E-state index contributed by atoms with van der Waals surface area (Å²) in [4.78, 5) is 12.3. The zero-order valence-electron chi connectivity index (χ0n) is 4.55. The molecule has 0 bridgehead atoms. The lowest BCUT2D eigenvalue weighted by atomic mass is 11.4. The van der Waals surface area contributed by atoms with E-state index >= 15 is 0 Å². The molecule has 0 saturated carbocycles.